The van der Waals surface area contributed by atoms with Gasteiger partial charge in [-0.15, -0.1) is 11.6 Å². The third-order valence-electron chi connectivity index (χ3n) is 3.36. The van der Waals surface area contributed by atoms with Crippen molar-refractivity contribution >= 4 is 11.6 Å². The first kappa shape index (κ1) is 11.4. The molecule has 0 bridgehead atoms. The molecule has 1 saturated carbocycles. The van der Waals surface area contributed by atoms with E-state index >= 15 is 0 Å². The van der Waals surface area contributed by atoms with Gasteiger partial charge in [-0.1, -0.05) is 33.6 Å². The summed E-state index contributed by atoms with van der Waals surface area (Å²) < 4.78 is 0. The average molecular weight is 203 g/mol. The first-order chi connectivity index (χ1) is 6.00. The molecule has 1 aliphatic rings. The lowest BCUT2D eigenvalue weighted by Crippen LogP contribution is -2.22. The Balaban J connectivity index is 2.42. The van der Waals surface area contributed by atoms with E-state index in [-0.39, 0.29) is 0 Å². The standard InChI is InChI=1S/C12H23Cl/c1-12(2,3)10-6-4-8-11(13)9-5-7-10/h10-11H,4-9H2,1-3H3. The number of hydrogen-bond donors (Lipinski definition) is 0. The molecule has 0 spiro atoms. The second-order valence-electron chi connectivity index (χ2n) is 5.52. The zero-order chi connectivity index (χ0) is 9.90. The van der Waals surface area contributed by atoms with Gasteiger partial charge in [0.1, 0.15) is 0 Å². The zero-order valence-electron chi connectivity index (χ0n) is 9.28. The van der Waals surface area contributed by atoms with Crippen LogP contribution in [0.25, 0.3) is 0 Å². The molecule has 0 N–H and O–H groups in total. The Hall–Kier alpha value is 0.290. The van der Waals surface area contributed by atoms with Crippen LogP contribution in [-0.4, -0.2) is 5.38 Å². The summed E-state index contributed by atoms with van der Waals surface area (Å²) in [5.41, 5.74) is 0.499. The highest BCUT2D eigenvalue weighted by Gasteiger charge is 2.25. The van der Waals surface area contributed by atoms with Crippen LogP contribution in [0.2, 0.25) is 0 Å². The monoisotopic (exact) mass is 202 g/mol. The van der Waals surface area contributed by atoms with E-state index in [1.165, 1.54) is 38.5 Å². The van der Waals surface area contributed by atoms with Crippen LogP contribution in [0, 0.1) is 11.3 Å². The minimum Gasteiger partial charge on any atom is -0.123 e. The van der Waals surface area contributed by atoms with Crippen molar-refractivity contribution in [2.75, 3.05) is 0 Å². The molecule has 1 rings (SSSR count). The maximum Gasteiger partial charge on any atom is 0.0336 e. The molecule has 0 heterocycles. The largest absolute Gasteiger partial charge is 0.123 e. The molecule has 1 heteroatoms. The van der Waals surface area contributed by atoms with Crippen molar-refractivity contribution in [3.05, 3.63) is 0 Å². The summed E-state index contributed by atoms with van der Waals surface area (Å²) in [6, 6.07) is 0. The van der Waals surface area contributed by atoms with Crippen LogP contribution in [0.4, 0.5) is 0 Å². The quantitative estimate of drug-likeness (QED) is 0.504. The molecule has 0 aromatic heterocycles. The van der Waals surface area contributed by atoms with Crippen molar-refractivity contribution in [2.45, 2.75) is 64.7 Å². The van der Waals surface area contributed by atoms with Gasteiger partial charge in [0.2, 0.25) is 0 Å². The predicted molar refractivity (Wildman–Crippen MR) is 60.3 cm³/mol. The fourth-order valence-corrected chi connectivity index (χ4v) is 2.63. The Bertz CT molecular complexity index is 136. The molecular weight excluding hydrogens is 180 g/mol. The van der Waals surface area contributed by atoms with Crippen LogP contribution >= 0.6 is 11.6 Å². The van der Waals surface area contributed by atoms with Gasteiger partial charge in [0, 0.05) is 5.38 Å². The van der Waals surface area contributed by atoms with Crippen LogP contribution in [-0.2, 0) is 0 Å². The van der Waals surface area contributed by atoms with E-state index in [1.807, 2.05) is 0 Å². The van der Waals surface area contributed by atoms with Crippen molar-refractivity contribution in [1.29, 1.82) is 0 Å². The number of alkyl halides is 1. The van der Waals surface area contributed by atoms with Gasteiger partial charge >= 0.3 is 0 Å². The molecule has 0 radical (unpaired) electrons. The summed E-state index contributed by atoms with van der Waals surface area (Å²) in [7, 11) is 0. The molecule has 0 aromatic carbocycles. The molecule has 78 valence electrons. The van der Waals surface area contributed by atoms with Crippen molar-refractivity contribution in [2.24, 2.45) is 11.3 Å². The van der Waals surface area contributed by atoms with E-state index in [0.717, 1.165) is 5.92 Å². The summed E-state index contributed by atoms with van der Waals surface area (Å²) in [4.78, 5) is 0. The Labute approximate surface area is 88.1 Å². The maximum atomic E-state index is 6.16. The lowest BCUT2D eigenvalue weighted by molar-refractivity contribution is 0.194. The minimum atomic E-state index is 0.459. The van der Waals surface area contributed by atoms with Crippen LogP contribution in [0.5, 0.6) is 0 Å². The van der Waals surface area contributed by atoms with Crippen LogP contribution in [0.15, 0.2) is 0 Å². The summed E-state index contributed by atoms with van der Waals surface area (Å²) in [6.45, 7) is 7.12. The molecule has 0 aromatic rings. The fourth-order valence-electron chi connectivity index (χ4n) is 2.33. The number of halogens is 1. The highest BCUT2D eigenvalue weighted by atomic mass is 35.5. The summed E-state index contributed by atoms with van der Waals surface area (Å²) in [6.07, 6.45) is 7.88. The van der Waals surface area contributed by atoms with Gasteiger partial charge in [0.25, 0.3) is 0 Å². The lowest BCUT2D eigenvalue weighted by Gasteiger charge is -2.32. The van der Waals surface area contributed by atoms with Crippen LogP contribution in [0.1, 0.15) is 59.3 Å². The van der Waals surface area contributed by atoms with Gasteiger partial charge in [0.05, 0.1) is 0 Å². The van der Waals surface area contributed by atoms with E-state index in [4.69, 9.17) is 11.6 Å². The van der Waals surface area contributed by atoms with Gasteiger partial charge in [0.15, 0.2) is 0 Å². The van der Waals surface area contributed by atoms with Crippen molar-refractivity contribution in [1.82, 2.24) is 0 Å². The summed E-state index contributed by atoms with van der Waals surface area (Å²) in [5, 5.41) is 0.459. The molecular formula is C12H23Cl. The van der Waals surface area contributed by atoms with Gasteiger partial charge in [-0.25, -0.2) is 0 Å². The first-order valence-electron chi connectivity index (χ1n) is 5.64. The average Bonchev–Trinajstić information content (AvgIpc) is 1.93. The fraction of sp³-hybridized carbons (Fsp3) is 1.00. The molecule has 0 saturated heterocycles. The van der Waals surface area contributed by atoms with Crippen LogP contribution < -0.4 is 0 Å². The second-order valence-corrected chi connectivity index (χ2v) is 6.14. The summed E-state index contributed by atoms with van der Waals surface area (Å²) in [5.74, 6) is 0.914. The van der Waals surface area contributed by atoms with Gasteiger partial charge < -0.3 is 0 Å². The molecule has 13 heavy (non-hydrogen) atoms. The molecule has 0 unspecified atom stereocenters. The maximum absolute atomic E-state index is 6.16. The molecule has 1 fully saturated rings. The summed E-state index contributed by atoms with van der Waals surface area (Å²) >= 11 is 6.16. The first-order valence-corrected chi connectivity index (χ1v) is 6.08. The number of hydrogen-bond acceptors (Lipinski definition) is 0. The van der Waals surface area contributed by atoms with Crippen molar-refractivity contribution in [3.63, 3.8) is 0 Å². The Morgan fingerprint density at radius 2 is 1.38 bits per heavy atom. The van der Waals surface area contributed by atoms with Crippen molar-refractivity contribution in [3.8, 4) is 0 Å². The van der Waals surface area contributed by atoms with E-state index < -0.39 is 0 Å². The Kier molecular flexibility index (Phi) is 4.09. The highest BCUT2D eigenvalue weighted by Crippen LogP contribution is 2.36. The third kappa shape index (κ3) is 3.89. The van der Waals surface area contributed by atoms with E-state index in [0.29, 0.717) is 10.8 Å². The normalized spacial score (nSPS) is 32.3. The second kappa shape index (κ2) is 4.68. The van der Waals surface area contributed by atoms with Crippen LogP contribution in [0.3, 0.4) is 0 Å². The molecule has 0 amide bonds. The van der Waals surface area contributed by atoms with Gasteiger partial charge in [-0.3, -0.25) is 0 Å². The van der Waals surface area contributed by atoms with E-state index in [9.17, 15) is 0 Å². The molecule has 0 nitrogen and oxygen atoms in total. The van der Waals surface area contributed by atoms with E-state index in [2.05, 4.69) is 20.8 Å². The molecule has 0 atom stereocenters. The topological polar surface area (TPSA) is 0 Å². The zero-order valence-corrected chi connectivity index (χ0v) is 10.0. The van der Waals surface area contributed by atoms with Gasteiger partial charge in [-0.05, 0) is 37.0 Å². The number of rotatable bonds is 0. The Morgan fingerprint density at radius 1 is 0.923 bits per heavy atom. The van der Waals surface area contributed by atoms with Crippen molar-refractivity contribution < 1.29 is 0 Å². The van der Waals surface area contributed by atoms with E-state index in [1.54, 1.807) is 0 Å². The highest BCUT2D eigenvalue weighted by molar-refractivity contribution is 6.20. The minimum absolute atomic E-state index is 0.459. The lowest BCUT2D eigenvalue weighted by atomic mass is 9.74. The third-order valence-corrected chi connectivity index (χ3v) is 3.80. The molecule has 1 aliphatic carbocycles. The SMILES string of the molecule is CC(C)(C)C1CCCC(Cl)CCC1. The molecule has 0 aliphatic heterocycles. The smallest absolute Gasteiger partial charge is 0.0336 e. The predicted octanol–water partition coefficient (Wildman–Crippen LogP) is 4.61. The van der Waals surface area contributed by atoms with Gasteiger partial charge in [-0.2, -0.15) is 0 Å². The Morgan fingerprint density at radius 3 is 1.77 bits per heavy atom.